The molecule has 8 heteroatoms. The summed E-state index contributed by atoms with van der Waals surface area (Å²) in [6, 6.07) is 15.2. The third-order valence-corrected chi connectivity index (χ3v) is 5.86. The number of methoxy groups -OCH3 is 1. The molecule has 0 N–H and O–H groups in total. The van der Waals surface area contributed by atoms with Gasteiger partial charge in [0.2, 0.25) is 5.91 Å². The minimum atomic E-state index is -0.0961. The number of thioether (sulfide) groups is 1. The van der Waals surface area contributed by atoms with Crippen LogP contribution in [0.2, 0.25) is 5.02 Å². The van der Waals surface area contributed by atoms with Crippen molar-refractivity contribution in [2.75, 3.05) is 24.3 Å². The van der Waals surface area contributed by atoms with Crippen LogP contribution < -0.4 is 9.64 Å². The topological polar surface area (TPSA) is 71.2 Å². The zero-order chi connectivity index (χ0) is 21.5. The SMILES string of the molecule is COc1ccc(-n2ccnc2SCC(=O)N(CCC#N)c2ccc(Cl)c(C)c2)cc1. The number of carbonyl (C=O) groups excluding carboxylic acids is 1. The highest BCUT2D eigenvalue weighted by Crippen LogP contribution is 2.26. The highest BCUT2D eigenvalue weighted by atomic mass is 35.5. The van der Waals surface area contributed by atoms with Crippen LogP contribution in [0.4, 0.5) is 5.69 Å². The molecular formula is C22H21ClN4O2S. The minimum absolute atomic E-state index is 0.0961. The number of nitriles is 1. The van der Waals surface area contributed by atoms with E-state index in [2.05, 4.69) is 11.1 Å². The fourth-order valence-electron chi connectivity index (χ4n) is 2.90. The van der Waals surface area contributed by atoms with Gasteiger partial charge >= 0.3 is 0 Å². The van der Waals surface area contributed by atoms with Gasteiger partial charge in [-0.3, -0.25) is 9.36 Å². The maximum atomic E-state index is 13.0. The second-order valence-corrected chi connectivity index (χ2v) is 7.80. The van der Waals surface area contributed by atoms with Crippen LogP contribution in [0.3, 0.4) is 0 Å². The molecule has 0 fully saturated rings. The number of rotatable bonds is 8. The smallest absolute Gasteiger partial charge is 0.237 e. The van der Waals surface area contributed by atoms with Crippen LogP contribution in [0.1, 0.15) is 12.0 Å². The second kappa shape index (κ2) is 10.2. The molecule has 0 bridgehead atoms. The molecule has 1 amide bonds. The monoisotopic (exact) mass is 440 g/mol. The number of benzene rings is 2. The molecular weight excluding hydrogens is 420 g/mol. The quantitative estimate of drug-likeness (QED) is 0.467. The molecule has 1 heterocycles. The van der Waals surface area contributed by atoms with E-state index in [1.807, 2.05) is 48.0 Å². The zero-order valence-corrected chi connectivity index (χ0v) is 18.3. The molecule has 6 nitrogen and oxygen atoms in total. The summed E-state index contributed by atoms with van der Waals surface area (Å²) in [5.41, 5.74) is 2.54. The van der Waals surface area contributed by atoms with E-state index >= 15 is 0 Å². The predicted octanol–water partition coefficient (Wildman–Crippen LogP) is 4.88. The fourth-order valence-corrected chi connectivity index (χ4v) is 3.86. The van der Waals surface area contributed by atoms with Crippen LogP contribution >= 0.6 is 23.4 Å². The van der Waals surface area contributed by atoms with Gasteiger partial charge in [0.05, 0.1) is 25.4 Å². The first-order valence-corrected chi connectivity index (χ1v) is 10.6. The lowest BCUT2D eigenvalue weighted by Gasteiger charge is -2.22. The number of anilines is 1. The number of aromatic nitrogens is 2. The maximum absolute atomic E-state index is 13.0. The molecule has 0 aliphatic rings. The average Bonchev–Trinajstić information content (AvgIpc) is 3.23. The van der Waals surface area contributed by atoms with Crippen LogP contribution in [0, 0.1) is 18.3 Å². The molecule has 3 rings (SSSR count). The standard InChI is InChI=1S/C22H21ClN4O2S/c1-16-14-18(6-9-20(16)23)26(12-3-10-24)21(28)15-30-22-25-11-13-27(22)17-4-7-19(29-2)8-5-17/h4-9,11,13-14H,3,12,15H2,1-2H3. The molecule has 0 atom stereocenters. The largest absolute Gasteiger partial charge is 0.497 e. The number of imidazole rings is 1. The van der Waals surface area contributed by atoms with Gasteiger partial charge in [-0.15, -0.1) is 0 Å². The van der Waals surface area contributed by atoms with E-state index in [1.54, 1.807) is 30.3 Å². The molecule has 1 aromatic heterocycles. The lowest BCUT2D eigenvalue weighted by Crippen LogP contribution is -2.33. The van der Waals surface area contributed by atoms with Crippen molar-refractivity contribution >= 4 is 35.0 Å². The predicted molar refractivity (Wildman–Crippen MR) is 120 cm³/mol. The van der Waals surface area contributed by atoms with Crippen molar-refractivity contribution in [1.82, 2.24) is 9.55 Å². The van der Waals surface area contributed by atoms with Crippen molar-refractivity contribution in [3.8, 4) is 17.5 Å². The number of ether oxygens (including phenoxy) is 1. The number of hydrogen-bond acceptors (Lipinski definition) is 5. The summed E-state index contributed by atoms with van der Waals surface area (Å²) >= 11 is 7.46. The highest BCUT2D eigenvalue weighted by Gasteiger charge is 2.18. The molecule has 0 radical (unpaired) electrons. The lowest BCUT2D eigenvalue weighted by molar-refractivity contribution is -0.116. The first-order chi connectivity index (χ1) is 14.5. The van der Waals surface area contributed by atoms with Crippen LogP contribution in [0.5, 0.6) is 5.75 Å². The Morgan fingerprint density at radius 2 is 2.07 bits per heavy atom. The van der Waals surface area contributed by atoms with E-state index in [9.17, 15) is 4.79 Å². The molecule has 0 saturated carbocycles. The summed E-state index contributed by atoms with van der Waals surface area (Å²) < 4.78 is 7.12. The Bertz CT molecular complexity index is 1060. The van der Waals surface area contributed by atoms with E-state index in [0.717, 1.165) is 22.7 Å². The summed E-state index contributed by atoms with van der Waals surface area (Å²) in [6.07, 6.45) is 3.80. The maximum Gasteiger partial charge on any atom is 0.237 e. The number of carbonyl (C=O) groups is 1. The van der Waals surface area contributed by atoms with Crippen molar-refractivity contribution in [1.29, 1.82) is 5.26 Å². The molecule has 0 aliphatic heterocycles. The Morgan fingerprint density at radius 3 is 2.73 bits per heavy atom. The summed E-state index contributed by atoms with van der Waals surface area (Å²) in [4.78, 5) is 19.0. The lowest BCUT2D eigenvalue weighted by atomic mass is 10.2. The Morgan fingerprint density at radius 1 is 1.30 bits per heavy atom. The van der Waals surface area contributed by atoms with Gasteiger partial charge in [0.1, 0.15) is 5.75 Å². The van der Waals surface area contributed by atoms with Gasteiger partial charge < -0.3 is 9.64 Å². The van der Waals surface area contributed by atoms with Crippen LogP contribution in [0.15, 0.2) is 60.0 Å². The van der Waals surface area contributed by atoms with E-state index in [0.29, 0.717) is 16.7 Å². The van der Waals surface area contributed by atoms with E-state index in [1.165, 1.54) is 11.8 Å². The number of hydrogen-bond donors (Lipinski definition) is 0. The molecule has 0 saturated heterocycles. The number of nitrogens with zero attached hydrogens (tertiary/aromatic N) is 4. The Balaban J connectivity index is 1.75. The summed E-state index contributed by atoms with van der Waals surface area (Å²) in [5, 5.41) is 10.3. The van der Waals surface area contributed by atoms with Crippen molar-refractivity contribution in [3.05, 3.63) is 65.4 Å². The molecule has 0 spiro atoms. The molecule has 154 valence electrons. The van der Waals surface area contributed by atoms with Crippen LogP contribution in [-0.4, -0.2) is 34.9 Å². The zero-order valence-electron chi connectivity index (χ0n) is 16.7. The Kier molecular flexibility index (Phi) is 7.39. The fraction of sp³-hybridized carbons (Fsp3) is 0.227. The summed E-state index contributed by atoms with van der Waals surface area (Å²) in [6.45, 7) is 2.21. The van der Waals surface area contributed by atoms with Crippen molar-refractivity contribution in [3.63, 3.8) is 0 Å². The third-order valence-electron chi connectivity index (χ3n) is 4.48. The second-order valence-electron chi connectivity index (χ2n) is 6.45. The van der Waals surface area contributed by atoms with Gasteiger partial charge in [0.25, 0.3) is 0 Å². The minimum Gasteiger partial charge on any atom is -0.497 e. The normalized spacial score (nSPS) is 10.5. The molecule has 3 aromatic rings. The molecule has 2 aromatic carbocycles. The van der Waals surface area contributed by atoms with Crippen molar-refractivity contribution < 1.29 is 9.53 Å². The highest BCUT2D eigenvalue weighted by molar-refractivity contribution is 7.99. The van der Waals surface area contributed by atoms with Gasteiger partial charge in [-0.25, -0.2) is 4.98 Å². The van der Waals surface area contributed by atoms with Gasteiger partial charge in [-0.05, 0) is 55.0 Å². The van der Waals surface area contributed by atoms with E-state index < -0.39 is 0 Å². The summed E-state index contributed by atoms with van der Waals surface area (Å²) in [7, 11) is 1.62. The van der Waals surface area contributed by atoms with Crippen LogP contribution in [-0.2, 0) is 4.79 Å². The third kappa shape index (κ3) is 5.15. The number of amides is 1. The van der Waals surface area contributed by atoms with E-state index in [-0.39, 0.29) is 18.1 Å². The number of aryl methyl sites for hydroxylation is 1. The molecule has 0 aliphatic carbocycles. The van der Waals surface area contributed by atoms with E-state index in [4.69, 9.17) is 21.6 Å². The van der Waals surface area contributed by atoms with Crippen LogP contribution in [0.25, 0.3) is 5.69 Å². The number of halogens is 1. The molecule has 30 heavy (non-hydrogen) atoms. The van der Waals surface area contributed by atoms with Gasteiger partial charge in [-0.2, -0.15) is 5.26 Å². The molecule has 0 unspecified atom stereocenters. The first-order valence-electron chi connectivity index (χ1n) is 9.27. The summed E-state index contributed by atoms with van der Waals surface area (Å²) in [5.74, 6) is 0.871. The Labute approximate surface area is 185 Å². The van der Waals surface area contributed by atoms with Crippen molar-refractivity contribution in [2.45, 2.75) is 18.5 Å². The van der Waals surface area contributed by atoms with Crippen molar-refractivity contribution in [2.24, 2.45) is 0 Å². The van der Waals surface area contributed by atoms with Gasteiger partial charge in [0, 0.05) is 35.3 Å². The Hall–Kier alpha value is -2.95. The van der Waals surface area contributed by atoms with Gasteiger partial charge in [0.15, 0.2) is 5.16 Å². The van der Waals surface area contributed by atoms with Gasteiger partial charge in [-0.1, -0.05) is 23.4 Å². The first kappa shape index (κ1) is 21.8. The average molecular weight is 441 g/mol.